The van der Waals surface area contributed by atoms with Crippen molar-refractivity contribution in [1.29, 1.82) is 0 Å². The number of likely N-dealkylation sites (tertiary alicyclic amines) is 1. The molecule has 1 unspecified atom stereocenters. The van der Waals surface area contributed by atoms with Gasteiger partial charge in [0.1, 0.15) is 0 Å². The number of tetrazole rings is 1. The molecule has 0 bridgehead atoms. The third-order valence-corrected chi connectivity index (χ3v) is 4.76. The highest BCUT2D eigenvalue weighted by Gasteiger charge is 2.25. The summed E-state index contributed by atoms with van der Waals surface area (Å²) < 4.78 is 1.67. The highest BCUT2D eigenvalue weighted by Crippen LogP contribution is 2.25. The molecule has 6 nitrogen and oxygen atoms in total. The zero-order valence-corrected chi connectivity index (χ0v) is 13.4. The van der Waals surface area contributed by atoms with Crippen LogP contribution in [0.5, 0.6) is 0 Å². The molecule has 0 aliphatic carbocycles. The van der Waals surface area contributed by atoms with Crippen LogP contribution >= 0.6 is 11.8 Å². The van der Waals surface area contributed by atoms with Crippen LogP contribution in [-0.4, -0.2) is 49.4 Å². The lowest BCUT2D eigenvalue weighted by molar-refractivity contribution is -0.131. The van der Waals surface area contributed by atoms with Gasteiger partial charge in [0.05, 0.1) is 10.9 Å². The Hall–Kier alpha value is -1.89. The molecule has 0 spiro atoms. The van der Waals surface area contributed by atoms with Gasteiger partial charge in [0, 0.05) is 13.1 Å². The maximum atomic E-state index is 12.5. The maximum Gasteiger partial charge on any atom is 0.235 e. The second-order valence-corrected chi connectivity index (χ2v) is 6.66. The van der Waals surface area contributed by atoms with Crippen LogP contribution in [0, 0.1) is 0 Å². The van der Waals surface area contributed by atoms with E-state index in [1.54, 1.807) is 4.68 Å². The number of hydrogen-bond donors (Lipinski definition) is 0. The van der Waals surface area contributed by atoms with Crippen LogP contribution in [0.15, 0.2) is 35.5 Å². The van der Waals surface area contributed by atoms with Crippen molar-refractivity contribution < 1.29 is 4.79 Å². The molecule has 1 aromatic carbocycles. The van der Waals surface area contributed by atoms with E-state index < -0.39 is 0 Å². The average molecular weight is 317 g/mol. The van der Waals surface area contributed by atoms with Crippen molar-refractivity contribution in [1.82, 2.24) is 25.1 Å². The van der Waals surface area contributed by atoms with Gasteiger partial charge in [-0.05, 0) is 48.7 Å². The summed E-state index contributed by atoms with van der Waals surface area (Å²) >= 11 is 1.41. The van der Waals surface area contributed by atoms with Gasteiger partial charge in [-0.3, -0.25) is 4.79 Å². The standard InChI is InChI=1S/C15H19N5OS/c1-12(14(21)19-10-6-3-7-11-19)22-15-16-17-18-20(15)13-8-4-2-5-9-13/h2,4-5,8-9,12H,3,6-7,10-11H2,1H3. The molecule has 116 valence electrons. The Morgan fingerprint density at radius 1 is 1.18 bits per heavy atom. The van der Waals surface area contributed by atoms with Gasteiger partial charge in [-0.25, -0.2) is 0 Å². The fraction of sp³-hybridized carbons (Fsp3) is 0.467. The quantitative estimate of drug-likeness (QED) is 0.809. The Balaban J connectivity index is 1.71. The molecule has 1 aliphatic heterocycles. The predicted molar refractivity (Wildman–Crippen MR) is 84.9 cm³/mol. The Morgan fingerprint density at radius 3 is 2.64 bits per heavy atom. The van der Waals surface area contributed by atoms with Crippen molar-refractivity contribution in [2.24, 2.45) is 0 Å². The van der Waals surface area contributed by atoms with Crippen molar-refractivity contribution in [3.63, 3.8) is 0 Å². The van der Waals surface area contributed by atoms with Crippen LogP contribution in [0.1, 0.15) is 26.2 Å². The first kappa shape index (κ1) is 15.0. The normalized spacial score (nSPS) is 16.5. The molecule has 0 radical (unpaired) electrons. The number of benzene rings is 1. The van der Waals surface area contributed by atoms with Crippen LogP contribution < -0.4 is 0 Å². The predicted octanol–water partition coefficient (Wildman–Crippen LogP) is 2.16. The molecule has 2 heterocycles. The van der Waals surface area contributed by atoms with Crippen molar-refractivity contribution in [2.75, 3.05) is 13.1 Å². The number of hydrogen-bond acceptors (Lipinski definition) is 5. The largest absolute Gasteiger partial charge is 0.342 e. The number of nitrogens with zero attached hydrogens (tertiary/aromatic N) is 5. The van der Waals surface area contributed by atoms with E-state index in [0.29, 0.717) is 5.16 Å². The SMILES string of the molecule is CC(Sc1nnnn1-c1ccccc1)C(=O)N1CCCCC1. The minimum Gasteiger partial charge on any atom is -0.342 e. The van der Waals surface area contributed by atoms with E-state index in [1.165, 1.54) is 18.2 Å². The third-order valence-electron chi connectivity index (χ3n) is 3.74. The van der Waals surface area contributed by atoms with E-state index in [1.807, 2.05) is 42.2 Å². The summed E-state index contributed by atoms with van der Waals surface area (Å²) in [6, 6.07) is 9.71. The van der Waals surface area contributed by atoms with Gasteiger partial charge in [0.15, 0.2) is 0 Å². The lowest BCUT2D eigenvalue weighted by Crippen LogP contribution is -2.40. The molecule has 3 rings (SSSR count). The molecule has 22 heavy (non-hydrogen) atoms. The van der Waals surface area contributed by atoms with Gasteiger partial charge >= 0.3 is 0 Å². The van der Waals surface area contributed by atoms with E-state index in [2.05, 4.69) is 15.5 Å². The number of thioether (sulfide) groups is 1. The summed E-state index contributed by atoms with van der Waals surface area (Å²) in [7, 11) is 0. The Labute approximate surface area is 133 Å². The van der Waals surface area contributed by atoms with Gasteiger partial charge < -0.3 is 4.90 Å². The minimum absolute atomic E-state index is 0.173. The zero-order chi connectivity index (χ0) is 15.4. The second-order valence-electron chi connectivity index (χ2n) is 5.35. The number of amides is 1. The van der Waals surface area contributed by atoms with Crippen LogP contribution in [0.2, 0.25) is 0 Å². The highest BCUT2D eigenvalue weighted by molar-refractivity contribution is 8.00. The summed E-state index contributed by atoms with van der Waals surface area (Å²) in [6.45, 7) is 3.66. The molecule has 2 aromatic rings. The summed E-state index contributed by atoms with van der Waals surface area (Å²) in [5, 5.41) is 12.3. The number of aromatic nitrogens is 4. The molecule has 1 atom stereocenters. The first-order valence-electron chi connectivity index (χ1n) is 7.55. The van der Waals surface area contributed by atoms with E-state index >= 15 is 0 Å². The number of carbonyl (C=O) groups is 1. The lowest BCUT2D eigenvalue weighted by Gasteiger charge is -2.28. The Kier molecular flexibility index (Phi) is 4.72. The summed E-state index contributed by atoms with van der Waals surface area (Å²) in [6.07, 6.45) is 3.42. The molecule has 1 aromatic heterocycles. The Morgan fingerprint density at radius 2 is 1.91 bits per heavy atom. The third kappa shape index (κ3) is 3.30. The molecule has 0 saturated carbocycles. The van der Waals surface area contributed by atoms with Crippen molar-refractivity contribution in [3.8, 4) is 5.69 Å². The number of piperidine rings is 1. The number of carbonyl (C=O) groups excluding carboxylic acids is 1. The van der Waals surface area contributed by atoms with E-state index in [0.717, 1.165) is 31.6 Å². The van der Waals surface area contributed by atoms with Crippen molar-refractivity contribution in [3.05, 3.63) is 30.3 Å². The first-order valence-corrected chi connectivity index (χ1v) is 8.43. The van der Waals surface area contributed by atoms with E-state index in [9.17, 15) is 4.79 Å². The van der Waals surface area contributed by atoms with Crippen LogP contribution in [0.25, 0.3) is 5.69 Å². The van der Waals surface area contributed by atoms with Gasteiger partial charge in [0.2, 0.25) is 11.1 Å². The summed E-state index contributed by atoms with van der Waals surface area (Å²) in [5.74, 6) is 0.173. The molecule has 1 saturated heterocycles. The van der Waals surface area contributed by atoms with Crippen LogP contribution in [0.3, 0.4) is 0 Å². The smallest absolute Gasteiger partial charge is 0.235 e. The maximum absolute atomic E-state index is 12.5. The minimum atomic E-state index is -0.188. The van der Waals surface area contributed by atoms with Gasteiger partial charge in [-0.2, -0.15) is 4.68 Å². The first-order chi connectivity index (χ1) is 10.8. The second kappa shape index (κ2) is 6.91. The lowest BCUT2D eigenvalue weighted by atomic mass is 10.1. The fourth-order valence-electron chi connectivity index (χ4n) is 2.56. The molecular formula is C15H19N5OS. The topological polar surface area (TPSA) is 63.9 Å². The van der Waals surface area contributed by atoms with Gasteiger partial charge in [-0.15, -0.1) is 5.10 Å². The van der Waals surface area contributed by atoms with Crippen molar-refractivity contribution in [2.45, 2.75) is 36.6 Å². The monoisotopic (exact) mass is 317 g/mol. The summed E-state index contributed by atoms with van der Waals surface area (Å²) in [5.41, 5.74) is 0.896. The average Bonchev–Trinajstić information content (AvgIpc) is 3.04. The number of para-hydroxylation sites is 1. The molecule has 0 N–H and O–H groups in total. The Bertz CT molecular complexity index is 624. The highest BCUT2D eigenvalue weighted by atomic mass is 32.2. The molecule has 7 heteroatoms. The number of rotatable bonds is 4. The van der Waals surface area contributed by atoms with E-state index in [4.69, 9.17) is 0 Å². The van der Waals surface area contributed by atoms with Crippen LogP contribution in [-0.2, 0) is 4.79 Å². The summed E-state index contributed by atoms with van der Waals surface area (Å²) in [4.78, 5) is 14.5. The molecular weight excluding hydrogens is 298 g/mol. The van der Waals surface area contributed by atoms with E-state index in [-0.39, 0.29) is 11.2 Å². The van der Waals surface area contributed by atoms with Crippen molar-refractivity contribution >= 4 is 17.7 Å². The fourth-order valence-corrected chi connectivity index (χ4v) is 3.46. The van der Waals surface area contributed by atoms with Gasteiger partial charge in [0.25, 0.3) is 0 Å². The van der Waals surface area contributed by atoms with Crippen LogP contribution in [0.4, 0.5) is 0 Å². The van der Waals surface area contributed by atoms with Gasteiger partial charge in [-0.1, -0.05) is 30.0 Å². The molecule has 1 amide bonds. The zero-order valence-electron chi connectivity index (χ0n) is 12.6. The molecule has 1 fully saturated rings. The molecule has 1 aliphatic rings.